The Bertz CT molecular complexity index is 911. The Morgan fingerprint density at radius 1 is 1.07 bits per heavy atom. The number of rotatable bonds is 8. The lowest BCUT2D eigenvalue weighted by Crippen LogP contribution is -2.16. The first kappa shape index (κ1) is 20.6. The predicted octanol–water partition coefficient (Wildman–Crippen LogP) is 3.99. The molecule has 0 aliphatic heterocycles. The predicted molar refractivity (Wildman–Crippen MR) is 104 cm³/mol. The summed E-state index contributed by atoms with van der Waals surface area (Å²) in [6, 6.07) is 12.3. The van der Waals surface area contributed by atoms with Crippen molar-refractivity contribution >= 4 is 23.5 Å². The number of Topliss-reactive ketones (excluding diaryl/α,β-unsaturated/α-hetero) is 1. The molecule has 2 aromatic carbocycles. The number of hydrogen-bond acceptors (Lipinski definition) is 6. The normalized spacial score (nSPS) is 11.3. The number of esters is 1. The van der Waals surface area contributed by atoms with Gasteiger partial charge in [-0.1, -0.05) is 24.3 Å². The molecular weight excluding hydrogens is 362 g/mol. The number of benzene rings is 2. The number of carbonyl (C=O) groups is 2. The zero-order valence-electron chi connectivity index (χ0n) is 15.5. The minimum atomic E-state index is -0.759. The van der Waals surface area contributed by atoms with Crippen molar-refractivity contribution in [1.82, 2.24) is 0 Å². The van der Waals surface area contributed by atoms with Crippen LogP contribution in [0.3, 0.4) is 0 Å². The van der Waals surface area contributed by atoms with E-state index in [-0.39, 0.29) is 23.4 Å². The van der Waals surface area contributed by atoms with Gasteiger partial charge in [-0.25, -0.2) is 4.79 Å². The number of non-ortho nitro benzene ring substituents is 1. The number of ether oxygens (including phenoxy) is 2. The molecule has 0 aliphatic carbocycles. The first-order valence-electron chi connectivity index (χ1n) is 8.45. The lowest BCUT2D eigenvalue weighted by Gasteiger charge is -2.06. The Hall–Kier alpha value is -3.74. The van der Waals surface area contributed by atoms with Gasteiger partial charge in [0.1, 0.15) is 11.3 Å². The van der Waals surface area contributed by atoms with E-state index in [1.54, 1.807) is 38.3 Å². The van der Waals surface area contributed by atoms with Crippen LogP contribution in [0.4, 0.5) is 5.69 Å². The van der Waals surface area contributed by atoms with Crippen LogP contribution in [-0.4, -0.2) is 30.4 Å². The number of nitro benzene ring substituents is 1. The highest BCUT2D eigenvalue weighted by Gasteiger charge is 2.21. The quantitative estimate of drug-likeness (QED) is 0.100. The molecule has 0 amide bonds. The molecule has 0 spiro atoms. The van der Waals surface area contributed by atoms with E-state index in [1.807, 2.05) is 12.1 Å². The van der Waals surface area contributed by atoms with Gasteiger partial charge < -0.3 is 9.47 Å². The highest BCUT2D eigenvalue weighted by Crippen LogP contribution is 2.17. The minimum absolute atomic E-state index is 0.117. The molecule has 0 saturated heterocycles. The number of ketones is 1. The lowest BCUT2D eigenvalue weighted by molar-refractivity contribution is -0.384. The molecule has 0 aliphatic rings. The van der Waals surface area contributed by atoms with Gasteiger partial charge in [0.05, 0.1) is 18.6 Å². The van der Waals surface area contributed by atoms with E-state index in [0.717, 1.165) is 5.56 Å². The second-order valence-corrected chi connectivity index (χ2v) is 5.57. The molecule has 0 bridgehead atoms. The molecule has 144 valence electrons. The second-order valence-electron chi connectivity index (χ2n) is 5.57. The summed E-state index contributed by atoms with van der Waals surface area (Å²) < 4.78 is 10.0. The van der Waals surface area contributed by atoms with Crippen molar-refractivity contribution in [3.8, 4) is 5.75 Å². The first-order valence-corrected chi connectivity index (χ1v) is 8.45. The Morgan fingerprint density at radius 2 is 1.71 bits per heavy atom. The average Bonchev–Trinajstić information content (AvgIpc) is 2.71. The Kier molecular flexibility index (Phi) is 7.21. The van der Waals surface area contributed by atoms with Gasteiger partial charge in [-0.2, -0.15) is 0 Å². The van der Waals surface area contributed by atoms with Crippen LogP contribution in [0.25, 0.3) is 6.08 Å². The first-order chi connectivity index (χ1) is 13.5. The molecule has 0 aromatic heterocycles. The minimum Gasteiger partial charge on any atom is -0.497 e. The molecule has 0 atom stereocenters. The zero-order valence-corrected chi connectivity index (χ0v) is 15.5. The van der Waals surface area contributed by atoms with Crippen LogP contribution in [-0.2, 0) is 9.53 Å². The smallest absolute Gasteiger partial charge is 0.342 e. The van der Waals surface area contributed by atoms with E-state index in [4.69, 9.17) is 9.47 Å². The summed E-state index contributed by atoms with van der Waals surface area (Å²) >= 11 is 0. The average molecular weight is 381 g/mol. The van der Waals surface area contributed by atoms with Crippen LogP contribution >= 0.6 is 0 Å². The van der Waals surface area contributed by atoms with Crippen molar-refractivity contribution in [1.29, 1.82) is 0 Å². The molecule has 7 nitrogen and oxygen atoms in total. The lowest BCUT2D eigenvalue weighted by atomic mass is 10.0. The summed E-state index contributed by atoms with van der Waals surface area (Å²) in [6.45, 7) is 1.75. The highest BCUT2D eigenvalue weighted by molar-refractivity contribution is 6.24. The molecule has 0 saturated carbocycles. The van der Waals surface area contributed by atoms with Crippen molar-refractivity contribution in [2.45, 2.75) is 6.92 Å². The highest BCUT2D eigenvalue weighted by atomic mass is 16.6. The van der Waals surface area contributed by atoms with Crippen LogP contribution in [0.5, 0.6) is 5.75 Å². The van der Waals surface area contributed by atoms with Crippen LogP contribution in [0.15, 0.2) is 66.3 Å². The Labute approximate surface area is 162 Å². The number of nitro groups is 1. The molecule has 0 heterocycles. The van der Waals surface area contributed by atoms with Gasteiger partial charge in [0.15, 0.2) is 5.78 Å². The number of methoxy groups -OCH3 is 1. The van der Waals surface area contributed by atoms with Crippen molar-refractivity contribution in [3.05, 3.63) is 87.5 Å². The molecular formula is C21H19NO6. The van der Waals surface area contributed by atoms with Gasteiger partial charge in [-0.15, -0.1) is 0 Å². The monoisotopic (exact) mass is 381 g/mol. The van der Waals surface area contributed by atoms with Crippen LogP contribution < -0.4 is 4.74 Å². The molecule has 28 heavy (non-hydrogen) atoms. The van der Waals surface area contributed by atoms with E-state index >= 15 is 0 Å². The van der Waals surface area contributed by atoms with Crippen molar-refractivity contribution in [2.75, 3.05) is 13.7 Å². The largest absolute Gasteiger partial charge is 0.497 e. The molecule has 2 rings (SSSR count). The number of carbonyl (C=O) groups excluding carboxylic acids is 2. The maximum Gasteiger partial charge on any atom is 0.342 e. The van der Waals surface area contributed by atoms with Crippen molar-refractivity contribution in [3.63, 3.8) is 0 Å². The maximum atomic E-state index is 12.7. The van der Waals surface area contributed by atoms with Crippen molar-refractivity contribution < 1.29 is 24.0 Å². The zero-order chi connectivity index (χ0) is 20.5. The van der Waals surface area contributed by atoms with Gasteiger partial charge >= 0.3 is 5.97 Å². The number of hydrogen-bond donors (Lipinski definition) is 0. The van der Waals surface area contributed by atoms with Crippen LogP contribution in [0, 0.1) is 10.1 Å². The third-order valence-corrected chi connectivity index (χ3v) is 3.75. The fraction of sp³-hybridized carbons (Fsp3) is 0.143. The summed E-state index contributed by atoms with van der Waals surface area (Å²) in [7, 11) is 1.57. The van der Waals surface area contributed by atoms with Crippen LogP contribution in [0.1, 0.15) is 22.8 Å². The van der Waals surface area contributed by atoms with Gasteiger partial charge in [-0.05, 0) is 42.8 Å². The SMILES string of the molecule is CCOC(=O)/C(=C/C=C/c1ccc(OC)cc1)C(=O)c1ccc([N+](=O)[O-])cc1. The standard InChI is InChI=1S/C21H19NO6/c1-3-28-21(24)19(6-4-5-15-7-13-18(27-2)14-8-15)20(23)16-9-11-17(12-10-16)22(25)26/h4-14H,3H2,1-2H3/b5-4+,19-6+. The summed E-state index contributed by atoms with van der Waals surface area (Å²) in [5, 5.41) is 10.7. The number of nitrogens with zero attached hydrogens (tertiary/aromatic N) is 1. The van der Waals surface area contributed by atoms with Gasteiger partial charge in [0.25, 0.3) is 5.69 Å². The van der Waals surface area contributed by atoms with E-state index < -0.39 is 16.7 Å². The summed E-state index contributed by atoms with van der Waals surface area (Å²) in [5.41, 5.74) is 0.698. The fourth-order valence-corrected chi connectivity index (χ4v) is 2.31. The van der Waals surface area contributed by atoms with E-state index in [0.29, 0.717) is 5.75 Å². The third-order valence-electron chi connectivity index (χ3n) is 3.75. The van der Waals surface area contributed by atoms with E-state index in [1.165, 1.54) is 30.3 Å². The molecule has 0 radical (unpaired) electrons. The molecule has 7 heteroatoms. The second kappa shape index (κ2) is 9.82. The van der Waals surface area contributed by atoms with E-state index in [9.17, 15) is 19.7 Å². The van der Waals surface area contributed by atoms with Gasteiger partial charge in [-0.3, -0.25) is 14.9 Å². The molecule has 0 unspecified atom stereocenters. The topological polar surface area (TPSA) is 95.7 Å². The third kappa shape index (κ3) is 5.38. The maximum absolute atomic E-state index is 12.7. The molecule has 2 aromatic rings. The summed E-state index contributed by atoms with van der Waals surface area (Å²) in [5.74, 6) is -0.619. The van der Waals surface area contributed by atoms with Crippen LogP contribution in [0.2, 0.25) is 0 Å². The summed E-state index contributed by atoms with van der Waals surface area (Å²) in [4.78, 5) is 35.1. The Morgan fingerprint density at radius 3 is 2.25 bits per heavy atom. The number of allylic oxidation sites excluding steroid dienone is 2. The fourth-order valence-electron chi connectivity index (χ4n) is 2.31. The Balaban J connectivity index is 2.28. The summed E-state index contributed by atoms with van der Waals surface area (Å²) in [6.07, 6.45) is 4.66. The van der Waals surface area contributed by atoms with Gasteiger partial charge in [0.2, 0.25) is 0 Å². The molecule has 0 N–H and O–H groups in total. The van der Waals surface area contributed by atoms with Gasteiger partial charge in [0, 0.05) is 17.7 Å². The van der Waals surface area contributed by atoms with E-state index in [2.05, 4.69) is 0 Å². The molecule has 0 fully saturated rings. The van der Waals surface area contributed by atoms with Crippen molar-refractivity contribution in [2.24, 2.45) is 0 Å².